The minimum absolute atomic E-state index is 0.886. The Hall–Kier alpha value is -1.11. The summed E-state index contributed by atoms with van der Waals surface area (Å²) in [6.07, 6.45) is 0. The molecule has 0 amide bonds. The van der Waals surface area contributed by atoms with Gasteiger partial charge >= 0.3 is 84.4 Å². The number of hydrogen-bond donors (Lipinski definition) is 0. The molecule has 64 valence electrons. The van der Waals surface area contributed by atoms with E-state index in [1.807, 2.05) is 30.3 Å². The Morgan fingerprint density at radius 2 is 1.77 bits per heavy atom. The van der Waals surface area contributed by atoms with Crippen molar-refractivity contribution in [3.8, 4) is 5.75 Å². The van der Waals surface area contributed by atoms with E-state index in [1.54, 1.807) is 5.11 Å². The van der Waals surface area contributed by atoms with Gasteiger partial charge in [0.2, 0.25) is 0 Å². The summed E-state index contributed by atoms with van der Waals surface area (Å²) in [5, 5.41) is 3.90. The zero-order valence-electron chi connectivity index (χ0n) is 6.94. The molecule has 2 aromatic rings. The molecule has 0 fully saturated rings. The monoisotopic (exact) mass is 236 g/mol. The van der Waals surface area contributed by atoms with Crippen LogP contribution in [0.1, 0.15) is 0 Å². The molecule has 0 bridgehead atoms. The second kappa shape index (κ2) is 3.73. The van der Waals surface area contributed by atoms with E-state index in [2.05, 4.69) is 27.7 Å². The Balaban J connectivity index is 2.68. The van der Waals surface area contributed by atoms with Crippen LogP contribution in [0.3, 0.4) is 0 Å². The van der Waals surface area contributed by atoms with Crippen LogP contribution in [0, 0.1) is 0 Å². The zero-order valence-corrected chi connectivity index (χ0v) is 8.65. The number of rotatable bonds is 2. The van der Waals surface area contributed by atoms with E-state index in [9.17, 15) is 0 Å². The first-order valence-corrected chi connectivity index (χ1v) is 4.99. The van der Waals surface area contributed by atoms with Crippen molar-refractivity contribution in [3.05, 3.63) is 42.5 Å². The predicted molar refractivity (Wildman–Crippen MR) is 56.4 cm³/mol. The Labute approximate surface area is 84.7 Å². The van der Waals surface area contributed by atoms with Gasteiger partial charge in [-0.2, -0.15) is 0 Å². The summed E-state index contributed by atoms with van der Waals surface area (Å²) < 4.78 is 5.34. The molecule has 0 unspecified atom stereocenters. The average Bonchev–Trinajstić information content (AvgIpc) is 2.19. The molecule has 0 atom stereocenters. The van der Waals surface area contributed by atoms with E-state index >= 15 is 0 Å². The molecule has 2 heteroatoms. The summed E-state index contributed by atoms with van der Waals surface area (Å²) in [6, 6.07) is 14.2. The number of fused-ring (bicyclic) bond motifs is 1. The van der Waals surface area contributed by atoms with Crippen LogP contribution in [0.4, 0.5) is 0 Å². The molecule has 0 saturated heterocycles. The van der Waals surface area contributed by atoms with Gasteiger partial charge in [0.1, 0.15) is 0 Å². The average molecular weight is 235 g/mol. The molecule has 0 aliphatic heterocycles. The maximum atomic E-state index is 5.34. The fourth-order valence-corrected chi connectivity index (χ4v) is 1.57. The van der Waals surface area contributed by atoms with E-state index in [1.165, 1.54) is 5.39 Å². The van der Waals surface area contributed by atoms with E-state index < -0.39 is 0 Å². The van der Waals surface area contributed by atoms with Crippen molar-refractivity contribution in [2.24, 2.45) is 0 Å². The molecule has 0 spiro atoms. The third-order valence-corrected chi connectivity index (χ3v) is 2.13. The number of ether oxygens (including phenoxy) is 1. The van der Waals surface area contributed by atoms with Crippen molar-refractivity contribution < 1.29 is 4.74 Å². The third-order valence-electron chi connectivity index (χ3n) is 1.92. The Bertz CT molecular complexity index is 432. The molecule has 0 saturated carbocycles. The summed E-state index contributed by atoms with van der Waals surface area (Å²) in [5.41, 5.74) is 0. The standard InChI is InChI=1S/C11H8OSe/c13-8-12-11-7-3-5-9-4-1-2-6-10(9)11/h1-8H. The van der Waals surface area contributed by atoms with Crippen LogP contribution < -0.4 is 4.74 Å². The number of hydrogen-bond acceptors (Lipinski definition) is 1. The van der Waals surface area contributed by atoms with Crippen LogP contribution in [0.25, 0.3) is 10.8 Å². The Kier molecular flexibility index (Phi) is 2.44. The molecule has 0 radical (unpaired) electrons. The minimum atomic E-state index is 0.886. The maximum absolute atomic E-state index is 5.34. The third kappa shape index (κ3) is 1.64. The van der Waals surface area contributed by atoms with Crippen LogP contribution >= 0.6 is 0 Å². The molecule has 2 aromatic carbocycles. The number of benzene rings is 2. The molecule has 0 N–H and O–H groups in total. The SMILES string of the molecule is [Se]=COc1cccc2ccccc12. The molecule has 0 heterocycles. The summed E-state index contributed by atoms with van der Waals surface area (Å²) in [4.78, 5) is 0. The Morgan fingerprint density at radius 3 is 2.62 bits per heavy atom. The van der Waals surface area contributed by atoms with E-state index in [0.29, 0.717) is 0 Å². The fourth-order valence-electron chi connectivity index (χ4n) is 1.35. The summed E-state index contributed by atoms with van der Waals surface area (Å²) >= 11 is 2.71. The van der Waals surface area contributed by atoms with Crippen molar-refractivity contribution >= 4 is 31.5 Å². The Morgan fingerprint density at radius 1 is 1.00 bits per heavy atom. The molecule has 0 aliphatic rings. The summed E-state index contributed by atoms with van der Waals surface area (Å²) in [6.45, 7) is 0. The first kappa shape index (κ1) is 8.49. The van der Waals surface area contributed by atoms with Crippen molar-refractivity contribution in [2.75, 3.05) is 0 Å². The van der Waals surface area contributed by atoms with Gasteiger partial charge in [0.15, 0.2) is 0 Å². The van der Waals surface area contributed by atoms with Crippen LogP contribution in [0.5, 0.6) is 5.75 Å². The topological polar surface area (TPSA) is 9.23 Å². The van der Waals surface area contributed by atoms with E-state index in [0.717, 1.165) is 11.1 Å². The molecular weight excluding hydrogens is 227 g/mol. The van der Waals surface area contributed by atoms with Gasteiger partial charge in [-0.3, -0.25) is 0 Å². The van der Waals surface area contributed by atoms with Gasteiger partial charge in [0.25, 0.3) is 0 Å². The van der Waals surface area contributed by atoms with Crippen molar-refractivity contribution in [1.82, 2.24) is 0 Å². The van der Waals surface area contributed by atoms with Gasteiger partial charge < -0.3 is 0 Å². The van der Waals surface area contributed by atoms with Gasteiger partial charge in [0.05, 0.1) is 0 Å². The fraction of sp³-hybridized carbons (Fsp3) is 0. The van der Waals surface area contributed by atoms with Crippen molar-refractivity contribution in [3.63, 3.8) is 0 Å². The first-order chi connectivity index (χ1) is 6.42. The molecule has 13 heavy (non-hydrogen) atoms. The van der Waals surface area contributed by atoms with Gasteiger partial charge in [-0.05, 0) is 0 Å². The van der Waals surface area contributed by atoms with Crippen LogP contribution in [-0.2, 0) is 0 Å². The van der Waals surface area contributed by atoms with Gasteiger partial charge in [-0.25, -0.2) is 0 Å². The zero-order chi connectivity index (χ0) is 9.10. The van der Waals surface area contributed by atoms with Crippen LogP contribution in [0.15, 0.2) is 42.5 Å². The summed E-state index contributed by atoms with van der Waals surface area (Å²) in [5.74, 6) is 0.886. The molecule has 2 rings (SSSR count). The van der Waals surface area contributed by atoms with Crippen LogP contribution in [-0.4, -0.2) is 20.7 Å². The molecule has 0 aliphatic carbocycles. The van der Waals surface area contributed by atoms with Gasteiger partial charge in [-0.1, -0.05) is 0 Å². The van der Waals surface area contributed by atoms with Crippen molar-refractivity contribution in [1.29, 1.82) is 0 Å². The molecular formula is C11H8OSe. The predicted octanol–water partition coefficient (Wildman–Crippen LogP) is 2.15. The van der Waals surface area contributed by atoms with E-state index in [-0.39, 0.29) is 0 Å². The normalized spacial score (nSPS) is 9.85. The first-order valence-electron chi connectivity index (χ1n) is 4.00. The quantitative estimate of drug-likeness (QED) is 0.724. The second-order valence-electron chi connectivity index (χ2n) is 2.69. The summed E-state index contributed by atoms with van der Waals surface area (Å²) in [7, 11) is 0. The van der Waals surface area contributed by atoms with Crippen LogP contribution in [0.2, 0.25) is 0 Å². The molecule has 1 nitrogen and oxygen atoms in total. The molecule has 0 aromatic heterocycles. The van der Waals surface area contributed by atoms with Crippen molar-refractivity contribution in [2.45, 2.75) is 0 Å². The van der Waals surface area contributed by atoms with Gasteiger partial charge in [0, 0.05) is 0 Å². The second-order valence-corrected chi connectivity index (χ2v) is 3.10. The van der Waals surface area contributed by atoms with Gasteiger partial charge in [-0.15, -0.1) is 0 Å². The van der Waals surface area contributed by atoms with E-state index in [4.69, 9.17) is 4.74 Å².